The minimum atomic E-state index is -0.261. The molecule has 0 atom stereocenters. The first-order chi connectivity index (χ1) is 12.6. The van der Waals surface area contributed by atoms with Crippen molar-refractivity contribution in [3.8, 4) is 11.1 Å². The lowest BCUT2D eigenvalue weighted by Crippen LogP contribution is -2.12. The molecule has 2 heterocycles. The summed E-state index contributed by atoms with van der Waals surface area (Å²) in [5.74, 6) is 0.175. The summed E-state index contributed by atoms with van der Waals surface area (Å²) in [7, 11) is 0. The van der Waals surface area contributed by atoms with E-state index in [2.05, 4.69) is 15.3 Å². The fourth-order valence-corrected chi connectivity index (χ4v) is 2.91. The summed E-state index contributed by atoms with van der Waals surface area (Å²) in [5, 5.41) is 3.86. The van der Waals surface area contributed by atoms with Gasteiger partial charge in [0.05, 0.1) is 5.02 Å². The number of hydrogen-bond donors (Lipinski definition) is 1. The first kappa shape index (κ1) is 16.6. The van der Waals surface area contributed by atoms with Gasteiger partial charge < -0.3 is 9.73 Å². The predicted molar refractivity (Wildman–Crippen MR) is 102 cm³/mol. The Labute approximate surface area is 158 Å². The Hall–Kier alpha value is -2.89. The number of benzene rings is 2. The Morgan fingerprint density at radius 3 is 2.54 bits per heavy atom. The van der Waals surface area contributed by atoms with Crippen molar-refractivity contribution in [3.63, 3.8) is 0 Å². The lowest BCUT2D eigenvalue weighted by molar-refractivity contribution is 0.102. The topological polar surface area (TPSA) is 68.0 Å². The highest BCUT2D eigenvalue weighted by atomic mass is 35.5. The van der Waals surface area contributed by atoms with E-state index in [4.69, 9.17) is 27.6 Å². The van der Waals surface area contributed by atoms with Gasteiger partial charge in [-0.15, -0.1) is 0 Å². The molecule has 0 aliphatic rings. The summed E-state index contributed by atoms with van der Waals surface area (Å²) in [4.78, 5) is 20.6. The molecule has 0 saturated carbocycles. The molecule has 0 saturated heterocycles. The molecule has 1 N–H and O–H groups in total. The molecule has 0 fully saturated rings. The Balaban J connectivity index is 1.57. The smallest absolute Gasteiger partial charge is 0.256 e. The van der Waals surface area contributed by atoms with Crippen LogP contribution < -0.4 is 5.32 Å². The first-order valence-electron chi connectivity index (χ1n) is 7.66. The predicted octanol–water partition coefficient (Wildman–Crippen LogP) is 5.45. The minimum absolute atomic E-state index is 0.261. The van der Waals surface area contributed by atoms with Crippen LogP contribution in [0.3, 0.4) is 0 Å². The maximum absolute atomic E-state index is 12.2. The van der Waals surface area contributed by atoms with E-state index in [0.29, 0.717) is 32.5 Å². The van der Waals surface area contributed by atoms with Crippen LogP contribution in [-0.4, -0.2) is 15.9 Å². The molecule has 0 unspecified atom stereocenters. The number of hydrogen-bond acceptors (Lipinski definition) is 4. The third-order valence-electron chi connectivity index (χ3n) is 3.84. The summed E-state index contributed by atoms with van der Waals surface area (Å²) in [6.07, 6.45) is 3.01. The van der Waals surface area contributed by atoms with Gasteiger partial charge in [0, 0.05) is 27.9 Å². The van der Waals surface area contributed by atoms with E-state index in [1.807, 2.05) is 12.1 Å². The van der Waals surface area contributed by atoms with Crippen LogP contribution in [0.15, 0.2) is 65.5 Å². The van der Waals surface area contributed by atoms with Crippen molar-refractivity contribution >= 4 is 46.0 Å². The quantitative estimate of drug-likeness (QED) is 0.510. The minimum Gasteiger partial charge on any atom is -0.443 e. The Kier molecular flexibility index (Phi) is 4.32. The van der Waals surface area contributed by atoms with Crippen LogP contribution in [-0.2, 0) is 0 Å². The van der Waals surface area contributed by atoms with E-state index < -0.39 is 0 Å². The molecule has 0 aliphatic carbocycles. The number of carbonyl (C=O) groups is 1. The van der Waals surface area contributed by atoms with E-state index in [-0.39, 0.29) is 5.91 Å². The lowest BCUT2D eigenvalue weighted by Gasteiger charge is -2.07. The monoisotopic (exact) mass is 383 g/mol. The molecular weight excluding hydrogens is 373 g/mol. The number of oxazole rings is 1. The molecule has 5 nitrogen and oxygen atoms in total. The Morgan fingerprint density at radius 1 is 1.00 bits per heavy atom. The third kappa shape index (κ3) is 3.27. The van der Waals surface area contributed by atoms with Crippen LogP contribution in [0.1, 0.15) is 10.4 Å². The van der Waals surface area contributed by atoms with E-state index in [0.717, 1.165) is 11.1 Å². The molecule has 4 rings (SSSR count). The molecule has 4 aromatic rings. The van der Waals surface area contributed by atoms with Gasteiger partial charge in [-0.2, -0.15) is 0 Å². The normalized spacial score (nSPS) is 10.8. The summed E-state index contributed by atoms with van der Waals surface area (Å²) in [5.41, 5.74) is 3.42. The number of rotatable bonds is 3. The van der Waals surface area contributed by atoms with Gasteiger partial charge in [0.25, 0.3) is 5.91 Å². The molecule has 1 amide bonds. The second kappa shape index (κ2) is 6.78. The maximum Gasteiger partial charge on any atom is 0.256 e. The van der Waals surface area contributed by atoms with Gasteiger partial charge >= 0.3 is 0 Å². The number of amides is 1. The van der Waals surface area contributed by atoms with Crippen LogP contribution in [0.2, 0.25) is 10.0 Å². The molecule has 0 radical (unpaired) electrons. The number of anilines is 1. The van der Waals surface area contributed by atoms with Crippen molar-refractivity contribution in [3.05, 3.63) is 76.7 Å². The van der Waals surface area contributed by atoms with Crippen LogP contribution in [0.4, 0.5) is 5.82 Å². The molecule has 26 heavy (non-hydrogen) atoms. The van der Waals surface area contributed by atoms with Crippen LogP contribution >= 0.6 is 23.2 Å². The fraction of sp³-hybridized carbons (Fsp3) is 0. The molecule has 0 spiro atoms. The number of halogens is 2. The average Bonchev–Trinajstić information content (AvgIpc) is 3.09. The number of nitrogens with one attached hydrogen (secondary N) is 1. The molecule has 0 bridgehead atoms. The molecule has 128 valence electrons. The summed E-state index contributed by atoms with van der Waals surface area (Å²) in [6, 6.07) is 13.7. The Morgan fingerprint density at radius 2 is 1.81 bits per heavy atom. The van der Waals surface area contributed by atoms with Gasteiger partial charge in [-0.05, 0) is 48.5 Å². The van der Waals surface area contributed by atoms with Crippen molar-refractivity contribution in [1.29, 1.82) is 0 Å². The fourth-order valence-electron chi connectivity index (χ4n) is 2.52. The van der Waals surface area contributed by atoms with Gasteiger partial charge in [-0.3, -0.25) is 4.79 Å². The van der Waals surface area contributed by atoms with Crippen molar-refractivity contribution in [1.82, 2.24) is 9.97 Å². The van der Waals surface area contributed by atoms with Crippen LogP contribution in [0.25, 0.3) is 22.2 Å². The zero-order chi connectivity index (χ0) is 18.1. The second-order valence-corrected chi connectivity index (χ2v) is 6.39. The number of aromatic nitrogens is 2. The first-order valence-corrected chi connectivity index (χ1v) is 8.42. The highest BCUT2D eigenvalue weighted by Crippen LogP contribution is 2.31. The highest BCUT2D eigenvalue weighted by molar-refractivity contribution is 6.34. The highest BCUT2D eigenvalue weighted by Gasteiger charge is 2.10. The van der Waals surface area contributed by atoms with Crippen molar-refractivity contribution in [2.45, 2.75) is 0 Å². The SMILES string of the molecule is O=C(Nc1ccc(-c2cc3ocnc3cc2Cl)cn1)c1ccc(Cl)cc1. The largest absolute Gasteiger partial charge is 0.443 e. The van der Waals surface area contributed by atoms with Crippen LogP contribution in [0, 0.1) is 0 Å². The molecule has 2 aromatic carbocycles. The molecular formula is C19H11Cl2N3O2. The number of carbonyl (C=O) groups excluding carboxylic acids is 1. The second-order valence-electron chi connectivity index (χ2n) is 5.55. The number of fused-ring (bicyclic) bond motifs is 1. The van der Waals surface area contributed by atoms with Gasteiger partial charge in [-0.1, -0.05) is 23.2 Å². The van der Waals surface area contributed by atoms with Crippen molar-refractivity contribution in [2.24, 2.45) is 0 Å². The van der Waals surface area contributed by atoms with E-state index in [1.54, 1.807) is 42.6 Å². The van der Waals surface area contributed by atoms with E-state index in [9.17, 15) is 4.79 Å². The Bertz CT molecular complexity index is 1090. The lowest BCUT2D eigenvalue weighted by atomic mass is 10.1. The standard InChI is InChI=1S/C19H11Cl2N3O2/c20-13-4-1-11(2-5-13)19(25)24-18-6-3-12(9-22-18)14-7-17-16(8-15(14)21)23-10-26-17/h1-10H,(H,22,24,25). The number of nitrogens with zero attached hydrogens (tertiary/aromatic N) is 2. The van der Waals surface area contributed by atoms with Crippen molar-refractivity contribution < 1.29 is 9.21 Å². The van der Waals surface area contributed by atoms with Gasteiger partial charge in [0.2, 0.25) is 0 Å². The molecule has 2 aromatic heterocycles. The van der Waals surface area contributed by atoms with Gasteiger partial charge in [0.1, 0.15) is 11.3 Å². The molecule has 7 heteroatoms. The van der Waals surface area contributed by atoms with Gasteiger partial charge in [-0.25, -0.2) is 9.97 Å². The van der Waals surface area contributed by atoms with E-state index in [1.165, 1.54) is 6.39 Å². The van der Waals surface area contributed by atoms with Crippen molar-refractivity contribution in [2.75, 3.05) is 5.32 Å². The summed E-state index contributed by atoms with van der Waals surface area (Å²) >= 11 is 12.2. The third-order valence-corrected chi connectivity index (χ3v) is 4.41. The summed E-state index contributed by atoms with van der Waals surface area (Å²) < 4.78 is 5.31. The van der Waals surface area contributed by atoms with E-state index >= 15 is 0 Å². The number of pyridine rings is 1. The molecule has 0 aliphatic heterocycles. The zero-order valence-electron chi connectivity index (χ0n) is 13.2. The summed E-state index contributed by atoms with van der Waals surface area (Å²) in [6.45, 7) is 0. The average molecular weight is 384 g/mol. The maximum atomic E-state index is 12.2. The van der Waals surface area contributed by atoms with Crippen LogP contribution in [0.5, 0.6) is 0 Å². The van der Waals surface area contributed by atoms with Gasteiger partial charge in [0.15, 0.2) is 12.0 Å². The zero-order valence-corrected chi connectivity index (χ0v) is 14.8.